The van der Waals surface area contributed by atoms with E-state index in [4.69, 9.17) is 28.8 Å². The molecule has 0 radical (unpaired) electrons. The fourth-order valence-corrected chi connectivity index (χ4v) is 21.0. The summed E-state index contributed by atoms with van der Waals surface area (Å²) in [7, 11) is 0. The van der Waals surface area contributed by atoms with Gasteiger partial charge in [-0.15, -0.1) is 11.3 Å². The van der Waals surface area contributed by atoms with Crippen molar-refractivity contribution in [1.82, 2.24) is 29.1 Å². The predicted molar refractivity (Wildman–Crippen MR) is 468 cm³/mol. The molecule has 0 fully saturated rings. The van der Waals surface area contributed by atoms with Crippen LogP contribution in [0.4, 0.5) is 0 Å². The molecule has 1 aliphatic rings. The molecular formula is C103H58N6O2S. The predicted octanol–water partition coefficient (Wildman–Crippen LogP) is 28.2. The van der Waals surface area contributed by atoms with Gasteiger partial charge in [-0.25, -0.2) is 19.9 Å². The molecule has 1 aliphatic carbocycles. The molecule has 0 saturated carbocycles. The first kappa shape index (κ1) is 60.6. The standard InChI is InChI=1S/C103H58N6O2S/c1-103(2)81-49-42-58(53-80(81)92-95(78-34-19-33-74-68-30-14-17-36-85(68)111-98(74)78)105-101(106-99(92)103)108-82-50-47-71-64-26-8-7-24-62(64)63-25-11-12-31-70(63)88(71)90(82)76-45-38-55-20-3-5-22-60(55)96(76)108)57-40-44-73-79(52-57)66-28-10-9-27-65(66)72-48-51-83-91(89(72)73)77-46-39-56-21-4-6-23-61(56)97(77)109(83)102-104-94(93-75-32-15-18-37-87(75)112-100(93)107-102)59-41-43-69-67-29-13-16-35-84(67)110-86(69)54-59/h3-54H,1-2H3. The van der Waals surface area contributed by atoms with Crippen molar-refractivity contribution >= 4 is 205 Å². The molecule has 0 bridgehead atoms. The lowest BCUT2D eigenvalue weighted by molar-refractivity contribution is 0.632. The van der Waals surface area contributed by atoms with Crippen LogP contribution in [0, 0.1) is 0 Å². The Balaban J connectivity index is 0.707. The maximum atomic E-state index is 7.07. The van der Waals surface area contributed by atoms with Crippen LogP contribution in [0.1, 0.15) is 25.1 Å². The van der Waals surface area contributed by atoms with E-state index in [2.05, 4.69) is 326 Å². The molecule has 8 nitrogen and oxygen atoms in total. The zero-order valence-electron chi connectivity index (χ0n) is 60.4. The molecule has 0 N–H and O–H groups in total. The Morgan fingerprint density at radius 1 is 0.295 bits per heavy atom. The van der Waals surface area contributed by atoms with Crippen LogP contribution in [-0.2, 0) is 5.41 Å². The Labute approximate surface area is 641 Å². The summed E-state index contributed by atoms with van der Waals surface area (Å²) in [6.07, 6.45) is 0. The molecule has 25 aromatic rings. The van der Waals surface area contributed by atoms with Crippen molar-refractivity contribution in [1.29, 1.82) is 0 Å². The maximum Gasteiger partial charge on any atom is 0.236 e. The molecule has 26 rings (SSSR count). The summed E-state index contributed by atoms with van der Waals surface area (Å²) in [5.41, 5.74) is 16.9. The molecule has 0 spiro atoms. The zero-order valence-corrected chi connectivity index (χ0v) is 61.2. The number of para-hydroxylation sites is 3. The van der Waals surface area contributed by atoms with Crippen molar-refractivity contribution < 1.29 is 8.83 Å². The highest BCUT2D eigenvalue weighted by Crippen LogP contribution is 2.56. The summed E-state index contributed by atoms with van der Waals surface area (Å²) in [5, 5.41) is 30.0. The van der Waals surface area contributed by atoms with Crippen LogP contribution in [0.15, 0.2) is 324 Å². The van der Waals surface area contributed by atoms with Crippen molar-refractivity contribution in [3.05, 3.63) is 327 Å². The first-order chi connectivity index (χ1) is 55.3. The highest BCUT2D eigenvalue weighted by Gasteiger charge is 2.41. The van der Waals surface area contributed by atoms with Gasteiger partial charge >= 0.3 is 0 Å². The second-order valence-corrected chi connectivity index (χ2v) is 32.0. The summed E-state index contributed by atoms with van der Waals surface area (Å²) in [6, 6.07) is 115. The summed E-state index contributed by atoms with van der Waals surface area (Å²) in [6.45, 7) is 4.69. The number of nitrogens with zero attached hydrogens (tertiary/aromatic N) is 6. The Morgan fingerprint density at radius 3 is 1.43 bits per heavy atom. The molecule has 7 heterocycles. The van der Waals surface area contributed by atoms with Crippen LogP contribution in [0.25, 0.3) is 251 Å². The normalized spacial score (nSPS) is 13.2. The minimum absolute atomic E-state index is 0.575. The van der Waals surface area contributed by atoms with Gasteiger partial charge in [-0.3, -0.25) is 9.13 Å². The van der Waals surface area contributed by atoms with Crippen LogP contribution in [0.5, 0.6) is 0 Å². The Hall–Kier alpha value is -14.4. The third kappa shape index (κ3) is 8.02. The van der Waals surface area contributed by atoms with Crippen molar-refractivity contribution in [2.45, 2.75) is 19.3 Å². The first-order valence-corrected chi connectivity index (χ1v) is 39.1. The molecule has 0 aliphatic heterocycles. The zero-order chi connectivity index (χ0) is 73.1. The monoisotopic (exact) mass is 1440 g/mol. The molecule has 7 aromatic heterocycles. The highest BCUT2D eigenvalue weighted by molar-refractivity contribution is 7.25. The van der Waals surface area contributed by atoms with Crippen LogP contribution < -0.4 is 0 Å². The van der Waals surface area contributed by atoms with E-state index in [-0.39, 0.29) is 0 Å². The van der Waals surface area contributed by atoms with Crippen LogP contribution in [0.2, 0.25) is 0 Å². The average molecular weight is 1440 g/mol. The quantitative estimate of drug-likeness (QED) is 0.160. The fourth-order valence-electron chi connectivity index (χ4n) is 20.0. The summed E-state index contributed by atoms with van der Waals surface area (Å²) in [5.74, 6) is 1.22. The second-order valence-electron chi connectivity index (χ2n) is 30.9. The fraction of sp³-hybridized carbons (Fsp3) is 0.0291. The van der Waals surface area contributed by atoms with Gasteiger partial charge in [-0.2, -0.15) is 0 Å². The maximum absolute atomic E-state index is 7.07. The van der Waals surface area contributed by atoms with Gasteiger partial charge < -0.3 is 8.83 Å². The van der Waals surface area contributed by atoms with E-state index in [1.54, 1.807) is 11.3 Å². The van der Waals surface area contributed by atoms with Crippen molar-refractivity contribution in [2.24, 2.45) is 0 Å². The number of aromatic nitrogens is 6. The third-order valence-corrected chi connectivity index (χ3v) is 25.9. The van der Waals surface area contributed by atoms with E-state index >= 15 is 0 Å². The van der Waals surface area contributed by atoms with E-state index in [0.717, 1.165) is 180 Å². The molecule has 0 atom stereocenters. The molecule has 518 valence electrons. The largest absolute Gasteiger partial charge is 0.456 e. The number of rotatable bonds is 5. The number of hydrogen-bond donors (Lipinski definition) is 0. The van der Waals surface area contributed by atoms with Gasteiger partial charge in [0, 0.05) is 102 Å². The van der Waals surface area contributed by atoms with Crippen LogP contribution >= 0.6 is 11.3 Å². The molecular weight excluding hydrogens is 1390 g/mol. The second kappa shape index (κ2) is 21.9. The van der Waals surface area contributed by atoms with E-state index < -0.39 is 5.41 Å². The molecule has 112 heavy (non-hydrogen) atoms. The Bertz CT molecular complexity index is 8610. The topological polar surface area (TPSA) is 87.7 Å². The minimum Gasteiger partial charge on any atom is -0.456 e. The molecule has 0 unspecified atom stereocenters. The van der Waals surface area contributed by atoms with Gasteiger partial charge in [0.2, 0.25) is 11.9 Å². The average Bonchev–Trinajstić information content (AvgIpc) is 1.50. The highest BCUT2D eigenvalue weighted by atomic mass is 32.1. The van der Waals surface area contributed by atoms with Gasteiger partial charge in [0.1, 0.15) is 27.2 Å². The van der Waals surface area contributed by atoms with E-state index in [1.165, 1.54) is 70.2 Å². The molecule has 9 heteroatoms. The summed E-state index contributed by atoms with van der Waals surface area (Å²) < 4.78 is 19.6. The number of hydrogen-bond acceptors (Lipinski definition) is 7. The van der Waals surface area contributed by atoms with Gasteiger partial charge in [0.25, 0.3) is 0 Å². The summed E-state index contributed by atoms with van der Waals surface area (Å²) >= 11 is 1.71. The summed E-state index contributed by atoms with van der Waals surface area (Å²) in [4.78, 5) is 24.5. The van der Waals surface area contributed by atoms with E-state index in [0.29, 0.717) is 11.9 Å². The molecule has 0 amide bonds. The first-order valence-electron chi connectivity index (χ1n) is 38.3. The van der Waals surface area contributed by atoms with Gasteiger partial charge in [0.05, 0.1) is 39.1 Å². The Kier molecular flexibility index (Phi) is 11.9. The Morgan fingerprint density at radius 2 is 0.759 bits per heavy atom. The van der Waals surface area contributed by atoms with Gasteiger partial charge in [-0.1, -0.05) is 269 Å². The lowest BCUT2D eigenvalue weighted by Crippen LogP contribution is -2.18. The van der Waals surface area contributed by atoms with Crippen LogP contribution in [-0.4, -0.2) is 29.1 Å². The lowest BCUT2D eigenvalue weighted by Gasteiger charge is -2.22. The number of thiophene rings is 1. The van der Waals surface area contributed by atoms with Gasteiger partial charge in [-0.05, 0) is 148 Å². The number of furan rings is 2. The number of fused-ring (bicyclic) bond motifs is 36. The van der Waals surface area contributed by atoms with Crippen molar-refractivity contribution in [2.75, 3.05) is 0 Å². The SMILES string of the molecule is CC1(C)c2ccc(-c3ccc4c(c3)c3ccccc3c3ccc5c(c6ccc7ccccc7c6n5-c5nc(-c6ccc7c(c6)oc6ccccc67)c6c(n5)sc5ccccc56)c34)cc2-c2c(-c3cccc4c3oc3ccccc34)nc(-n3c4ccc5c6ccccc6c6ccccc6c5c4c4ccc5ccccc5c43)nc21. The van der Waals surface area contributed by atoms with E-state index in [9.17, 15) is 0 Å². The smallest absolute Gasteiger partial charge is 0.236 e. The molecule has 0 saturated heterocycles. The van der Waals surface area contributed by atoms with Crippen molar-refractivity contribution in [3.8, 4) is 56.7 Å². The van der Waals surface area contributed by atoms with E-state index in [1.807, 2.05) is 12.1 Å². The van der Waals surface area contributed by atoms with Crippen LogP contribution in [0.3, 0.4) is 0 Å². The third-order valence-electron chi connectivity index (χ3n) is 24.9. The molecule has 18 aromatic carbocycles. The minimum atomic E-state index is -0.575. The number of benzene rings is 18. The van der Waals surface area contributed by atoms with Gasteiger partial charge in [0.15, 0.2) is 0 Å². The lowest BCUT2D eigenvalue weighted by atomic mass is 9.84. The van der Waals surface area contributed by atoms with Crippen molar-refractivity contribution in [3.63, 3.8) is 0 Å².